The molecule has 0 fully saturated rings. The fraction of sp³-hybridized carbons (Fsp3) is 0.692. The van der Waals surface area contributed by atoms with E-state index in [1.165, 1.54) is 0 Å². The molecular formula is C13H23N3O. The van der Waals surface area contributed by atoms with Gasteiger partial charge in [-0.05, 0) is 18.8 Å². The third-order valence-electron chi connectivity index (χ3n) is 2.78. The molecule has 96 valence electrons. The van der Waals surface area contributed by atoms with Crippen molar-refractivity contribution < 1.29 is 4.79 Å². The van der Waals surface area contributed by atoms with Crippen LogP contribution >= 0.6 is 0 Å². The van der Waals surface area contributed by atoms with E-state index < -0.39 is 0 Å². The van der Waals surface area contributed by atoms with Crippen LogP contribution in [0.3, 0.4) is 0 Å². The maximum atomic E-state index is 12.2. The Bertz CT molecular complexity index is 357. The first-order chi connectivity index (χ1) is 8.08. The molecule has 0 radical (unpaired) electrons. The minimum absolute atomic E-state index is 0.0747. The maximum absolute atomic E-state index is 12.2. The van der Waals surface area contributed by atoms with Crippen molar-refractivity contribution in [3.8, 4) is 0 Å². The van der Waals surface area contributed by atoms with Gasteiger partial charge in [-0.3, -0.25) is 9.48 Å². The van der Waals surface area contributed by atoms with Crippen molar-refractivity contribution in [1.82, 2.24) is 9.78 Å². The molecule has 1 rings (SSSR count). The fourth-order valence-electron chi connectivity index (χ4n) is 1.96. The number of carbonyl (C=O) groups excluding carboxylic acids is 1. The number of ketones is 1. The van der Waals surface area contributed by atoms with Gasteiger partial charge < -0.3 is 5.73 Å². The minimum atomic E-state index is -0.0747. The van der Waals surface area contributed by atoms with Gasteiger partial charge in [0.05, 0.1) is 11.8 Å². The van der Waals surface area contributed by atoms with Crippen molar-refractivity contribution in [3.05, 3.63) is 18.0 Å². The molecule has 2 N–H and O–H groups in total. The molecule has 0 saturated heterocycles. The van der Waals surface area contributed by atoms with Crippen molar-refractivity contribution in [2.24, 2.45) is 17.6 Å². The third kappa shape index (κ3) is 3.97. The summed E-state index contributed by atoms with van der Waals surface area (Å²) in [6.45, 7) is 7.57. The number of carbonyl (C=O) groups is 1. The Hall–Kier alpha value is -1.16. The highest BCUT2D eigenvalue weighted by molar-refractivity contribution is 5.97. The third-order valence-corrected chi connectivity index (χ3v) is 2.78. The monoisotopic (exact) mass is 237 g/mol. The number of hydrogen-bond donors (Lipinski definition) is 1. The summed E-state index contributed by atoms with van der Waals surface area (Å²) in [4.78, 5) is 12.2. The summed E-state index contributed by atoms with van der Waals surface area (Å²) >= 11 is 0. The lowest BCUT2D eigenvalue weighted by Gasteiger charge is -2.14. The Morgan fingerprint density at radius 1 is 1.53 bits per heavy atom. The first-order valence-electron chi connectivity index (χ1n) is 6.35. The van der Waals surface area contributed by atoms with Crippen LogP contribution in [0.1, 0.15) is 44.0 Å². The Morgan fingerprint density at radius 3 is 2.76 bits per heavy atom. The maximum Gasteiger partial charge on any atom is 0.170 e. The smallest absolute Gasteiger partial charge is 0.170 e. The molecule has 0 bridgehead atoms. The lowest BCUT2D eigenvalue weighted by atomic mass is 9.91. The number of nitrogens with two attached hydrogens (primary N) is 1. The van der Waals surface area contributed by atoms with Crippen LogP contribution in [0, 0.1) is 11.8 Å². The molecule has 1 heterocycles. The first-order valence-corrected chi connectivity index (χ1v) is 6.35. The standard InChI is InChI=1S/C13H23N3O/c1-4-5-16-9-12(8-15-16)13(17)11(7-14)6-10(2)3/h8-11H,4-7,14H2,1-3H3. The Labute approximate surface area is 103 Å². The number of rotatable bonds is 7. The highest BCUT2D eigenvalue weighted by Crippen LogP contribution is 2.16. The second kappa shape index (κ2) is 6.55. The van der Waals surface area contributed by atoms with Crippen LogP contribution in [-0.4, -0.2) is 22.1 Å². The molecular weight excluding hydrogens is 214 g/mol. The molecule has 17 heavy (non-hydrogen) atoms. The van der Waals surface area contributed by atoms with Crippen LogP contribution in [-0.2, 0) is 6.54 Å². The zero-order valence-electron chi connectivity index (χ0n) is 11.0. The second-order valence-electron chi connectivity index (χ2n) is 4.92. The second-order valence-corrected chi connectivity index (χ2v) is 4.92. The van der Waals surface area contributed by atoms with Crippen molar-refractivity contribution in [3.63, 3.8) is 0 Å². The van der Waals surface area contributed by atoms with Crippen molar-refractivity contribution in [2.75, 3.05) is 6.54 Å². The van der Waals surface area contributed by atoms with Crippen LogP contribution < -0.4 is 5.73 Å². The van der Waals surface area contributed by atoms with Gasteiger partial charge in [-0.15, -0.1) is 0 Å². The molecule has 1 aromatic rings. The topological polar surface area (TPSA) is 60.9 Å². The summed E-state index contributed by atoms with van der Waals surface area (Å²) in [5, 5.41) is 4.18. The summed E-state index contributed by atoms with van der Waals surface area (Å²) in [5.74, 6) is 0.538. The highest BCUT2D eigenvalue weighted by atomic mass is 16.1. The van der Waals surface area contributed by atoms with Gasteiger partial charge in [-0.1, -0.05) is 20.8 Å². The number of aryl methyl sites for hydroxylation is 1. The highest BCUT2D eigenvalue weighted by Gasteiger charge is 2.20. The molecule has 0 spiro atoms. The summed E-state index contributed by atoms with van der Waals surface area (Å²) in [7, 11) is 0. The van der Waals surface area contributed by atoms with E-state index in [0.29, 0.717) is 18.0 Å². The van der Waals surface area contributed by atoms with E-state index in [0.717, 1.165) is 19.4 Å². The van der Waals surface area contributed by atoms with Crippen LogP contribution in [0.25, 0.3) is 0 Å². The summed E-state index contributed by atoms with van der Waals surface area (Å²) in [5.41, 5.74) is 6.37. The van der Waals surface area contributed by atoms with E-state index in [9.17, 15) is 4.79 Å². The molecule has 0 aliphatic carbocycles. The van der Waals surface area contributed by atoms with Crippen molar-refractivity contribution >= 4 is 5.78 Å². The number of hydrogen-bond acceptors (Lipinski definition) is 3. The van der Waals surface area contributed by atoms with Gasteiger partial charge in [0.1, 0.15) is 0 Å². The minimum Gasteiger partial charge on any atom is -0.330 e. The van der Waals surface area contributed by atoms with E-state index in [1.54, 1.807) is 6.20 Å². The van der Waals surface area contributed by atoms with Crippen LogP contribution in [0.5, 0.6) is 0 Å². The molecule has 1 atom stereocenters. The zero-order chi connectivity index (χ0) is 12.8. The molecule has 0 saturated carbocycles. The summed E-state index contributed by atoms with van der Waals surface area (Å²) in [6.07, 6.45) is 5.34. The fourth-order valence-corrected chi connectivity index (χ4v) is 1.96. The molecule has 0 aromatic carbocycles. The lowest BCUT2D eigenvalue weighted by molar-refractivity contribution is 0.0908. The van der Waals surface area contributed by atoms with Gasteiger partial charge in [0.25, 0.3) is 0 Å². The lowest BCUT2D eigenvalue weighted by Crippen LogP contribution is -2.25. The zero-order valence-corrected chi connectivity index (χ0v) is 11.0. The molecule has 1 unspecified atom stereocenters. The largest absolute Gasteiger partial charge is 0.330 e. The molecule has 1 aromatic heterocycles. The van der Waals surface area contributed by atoms with Crippen LogP contribution in [0.4, 0.5) is 0 Å². The normalized spacial score (nSPS) is 13.0. The number of nitrogens with zero attached hydrogens (tertiary/aromatic N) is 2. The summed E-state index contributed by atoms with van der Waals surface area (Å²) in [6, 6.07) is 0. The summed E-state index contributed by atoms with van der Waals surface area (Å²) < 4.78 is 1.82. The van der Waals surface area contributed by atoms with Gasteiger partial charge in [0.2, 0.25) is 0 Å². The Balaban J connectivity index is 2.71. The van der Waals surface area contributed by atoms with E-state index >= 15 is 0 Å². The average molecular weight is 237 g/mol. The van der Waals surface area contributed by atoms with E-state index in [1.807, 2.05) is 10.9 Å². The number of Topliss-reactive ketones (excluding diaryl/α,β-unsaturated/α-hetero) is 1. The predicted octanol–water partition coefficient (Wildman–Crippen LogP) is 2.10. The van der Waals surface area contributed by atoms with Crippen LogP contribution in [0.2, 0.25) is 0 Å². The first kappa shape index (κ1) is 13.9. The molecule has 0 aliphatic heterocycles. The molecule has 0 amide bonds. The van der Waals surface area contributed by atoms with Gasteiger partial charge in [-0.25, -0.2) is 0 Å². The predicted molar refractivity (Wildman–Crippen MR) is 68.8 cm³/mol. The average Bonchev–Trinajstić information content (AvgIpc) is 2.74. The van der Waals surface area contributed by atoms with Gasteiger partial charge in [0.15, 0.2) is 5.78 Å². The Kier molecular flexibility index (Phi) is 5.35. The van der Waals surface area contributed by atoms with E-state index in [2.05, 4.69) is 25.9 Å². The van der Waals surface area contributed by atoms with E-state index in [4.69, 9.17) is 5.73 Å². The van der Waals surface area contributed by atoms with Crippen LogP contribution in [0.15, 0.2) is 12.4 Å². The van der Waals surface area contributed by atoms with Gasteiger partial charge in [0, 0.05) is 25.2 Å². The van der Waals surface area contributed by atoms with E-state index in [-0.39, 0.29) is 11.7 Å². The molecule has 0 aliphatic rings. The number of aromatic nitrogens is 2. The van der Waals surface area contributed by atoms with Crippen molar-refractivity contribution in [2.45, 2.75) is 40.2 Å². The SMILES string of the molecule is CCCn1cc(C(=O)C(CN)CC(C)C)cn1. The Morgan fingerprint density at radius 2 is 2.24 bits per heavy atom. The molecule has 4 heteroatoms. The molecule has 4 nitrogen and oxygen atoms in total. The van der Waals surface area contributed by atoms with Gasteiger partial charge >= 0.3 is 0 Å². The van der Waals surface area contributed by atoms with Crippen molar-refractivity contribution in [1.29, 1.82) is 0 Å². The van der Waals surface area contributed by atoms with Gasteiger partial charge in [-0.2, -0.15) is 5.10 Å². The quantitative estimate of drug-likeness (QED) is 0.739.